The minimum absolute atomic E-state index is 0.0126. The third-order valence-corrected chi connectivity index (χ3v) is 5.09. The fraction of sp³-hybridized carbons (Fsp3) is 0.412. The first-order valence-corrected chi connectivity index (χ1v) is 9.01. The molecular formula is C17H23N5OS. The van der Waals surface area contributed by atoms with E-state index in [0.29, 0.717) is 12.5 Å². The second kappa shape index (κ2) is 8.12. The molecule has 1 aromatic carbocycles. The minimum atomic E-state index is -0.0126. The molecule has 0 spiro atoms. The van der Waals surface area contributed by atoms with Gasteiger partial charge in [0.05, 0.1) is 13.2 Å². The zero-order chi connectivity index (χ0) is 16.8. The van der Waals surface area contributed by atoms with E-state index in [1.807, 2.05) is 41.9 Å². The van der Waals surface area contributed by atoms with Crippen LogP contribution in [0.1, 0.15) is 11.5 Å². The van der Waals surface area contributed by atoms with E-state index in [1.165, 1.54) is 0 Å². The normalized spacial score (nSPS) is 17.1. The van der Waals surface area contributed by atoms with Gasteiger partial charge in [-0.15, -0.1) is 11.3 Å². The van der Waals surface area contributed by atoms with Gasteiger partial charge in [-0.05, 0) is 5.56 Å². The van der Waals surface area contributed by atoms with Crippen LogP contribution in [0.15, 0.2) is 46.9 Å². The van der Waals surface area contributed by atoms with Crippen molar-refractivity contribution in [2.24, 2.45) is 10.7 Å². The molecule has 1 atom stereocenters. The first-order chi connectivity index (χ1) is 11.8. The Kier molecular flexibility index (Phi) is 5.66. The number of thiazole rings is 1. The summed E-state index contributed by atoms with van der Waals surface area (Å²) >= 11 is 1.66. The number of rotatable bonds is 5. The zero-order valence-corrected chi connectivity index (χ0v) is 14.4. The predicted octanol–water partition coefficient (Wildman–Crippen LogP) is 1.36. The number of guanidine groups is 1. The molecule has 1 aliphatic rings. The molecule has 7 heteroatoms. The standard InChI is InChI=1S/C17H23N5OS/c18-16(20-12-15(13-23)14-4-2-1-3-5-14)21-7-9-22(10-8-21)17-19-6-11-24-17/h1-6,11,15,23H,7-10,12-13H2,(H2,18,20). The SMILES string of the molecule is NC(=NCC(CO)c1ccccc1)N1CCN(c2nccs2)CC1. The molecule has 1 saturated heterocycles. The fourth-order valence-electron chi connectivity index (χ4n) is 2.80. The monoisotopic (exact) mass is 345 g/mol. The average Bonchev–Trinajstić information content (AvgIpc) is 3.18. The molecule has 1 aliphatic heterocycles. The lowest BCUT2D eigenvalue weighted by atomic mass is 10.0. The average molecular weight is 345 g/mol. The second-order valence-corrected chi connectivity index (χ2v) is 6.65. The summed E-state index contributed by atoms with van der Waals surface area (Å²) in [7, 11) is 0. The van der Waals surface area contributed by atoms with Crippen LogP contribution >= 0.6 is 11.3 Å². The molecule has 6 nitrogen and oxygen atoms in total. The molecule has 0 aliphatic carbocycles. The Bertz CT molecular complexity index is 638. The molecule has 3 N–H and O–H groups in total. The van der Waals surface area contributed by atoms with Gasteiger partial charge < -0.3 is 20.6 Å². The Morgan fingerprint density at radius 3 is 2.62 bits per heavy atom. The molecule has 0 amide bonds. The number of nitrogens with two attached hydrogens (primary N) is 1. The Hall–Kier alpha value is -2.12. The van der Waals surface area contributed by atoms with Crippen molar-refractivity contribution < 1.29 is 5.11 Å². The van der Waals surface area contributed by atoms with E-state index in [4.69, 9.17) is 5.73 Å². The molecule has 2 aromatic rings. The van der Waals surface area contributed by atoms with Crippen molar-refractivity contribution in [3.63, 3.8) is 0 Å². The van der Waals surface area contributed by atoms with Crippen LogP contribution in [0.5, 0.6) is 0 Å². The summed E-state index contributed by atoms with van der Waals surface area (Å²) in [5, 5.41) is 12.7. The van der Waals surface area contributed by atoms with Gasteiger partial charge in [0, 0.05) is 43.7 Å². The number of anilines is 1. The van der Waals surface area contributed by atoms with Crippen LogP contribution in [0, 0.1) is 0 Å². The highest BCUT2D eigenvalue weighted by molar-refractivity contribution is 7.13. The second-order valence-electron chi connectivity index (χ2n) is 5.78. The van der Waals surface area contributed by atoms with E-state index < -0.39 is 0 Å². The highest BCUT2D eigenvalue weighted by Gasteiger charge is 2.20. The van der Waals surface area contributed by atoms with Gasteiger partial charge in [-0.3, -0.25) is 4.99 Å². The molecule has 3 rings (SSSR count). The van der Waals surface area contributed by atoms with Crippen LogP contribution in [0.4, 0.5) is 5.13 Å². The quantitative estimate of drug-likeness (QED) is 0.632. The van der Waals surface area contributed by atoms with Crippen LogP contribution in [-0.4, -0.2) is 60.3 Å². The van der Waals surface area contributed by atoms with E-state index in [-0.39, 0.29) is 12.5 Å². The summed E-state index contributed by atoms with van der Waals surface area (Å²) in [5.74, 6) is 0.546. The fourth-order valence-corrected chi connectivity index (χ4v) is 3.49. The lowest BCUT2D eigenvalue weighted by Crippen LogP contribution is -2.51. The Morgan fingerprint density at radius 1 is 1.25 bits per heavy atom. The van der Waals surface area contributed by atoms with Gasteiger partial charge >= 0.3 is 0 Å². The zero-order valence-electron chi connectivity index (χ0n) is 13.6. The molecule has 1 unspecified atom stereocenters. The maximum Gasteiger partial charge on any atom is 0.191 e. The van der Waals surface area contributed by atoms with Crippen LogP contribution in [-0.2, 0) is 0 Å². The number of aliphatic imine (C=N–C) groups is 1. The third kappa shape index (κ3) is 4.04. The van der Waals surface area contributed by atoms with Crippen molar-refractivity contribution in [3.8, 4) is 0 Å². The Morgan fingerprint density at radius 2 is 2.00 bits per heavy atom. The van der Waals surface area contributed by atoms with Crippen LogP contribution < -0.4 is 10.6 Å². The predicted molar refractivity (Wildman–Crippen MR) is 98.7 cm³/mol. The highest BCUT2D eigenvalue weighted by atomic mass is 32.1. The molecule has 1 aromatic heterocycles. The van der Waals surface area contributed by atoms with Gasteiger partial charge in [-0.1, -0.05) is 30.3 Å². The highest BCUT2D eigenvalue weighted by Crippen LogP contribution is 2.19. The van der Waals surface area contributed by atoms with Crippen LogP contribution in [0.3, 0.4) is 0 Å². The lowest BCUT2D eigenvalue weighted by Gasteiger charge is -2.35. The molecule has 128 valence electrons. The largest absolute Gasteiger partial charge is 0.396 e. The van der Waals surface area contributed by atoms with E-state index in [0.717, 1.165) is 36.9 Å². The molecule has 0 radical (unpaired) electrons. The van der Waals surface area contributed by atoms with Gasteiger partial charge in [0.15, 0.2) is 11.1 Å². The smallest absolute Gasteiger partial charge is 0.191 e. The molecule has 0 bridgehead atoms. The summed E-state index contributed by atoms with van der Waals surface area (Å²) < 4.78 is 0. The van der Waals surface area contributed by atoms with E-state index in [1.54, 1.807) is 11.3 Å². The van der Waals surface area contributed by atoms with Gasteiger partial charge in [0.25, 0.3) is 0 Å². The molecule has 2 heterocycles. The number of hydrogen-bond donors (Lipinski definition) is 2. The number of hydrogen-bond acceptors (Lipinski definition) is 5. The molecular weight excluding hydrogens is 322 g/mol. The van der Waals surface area contributed by atoms with E-state index in [9.17, 15) is 5.11 Å². The van der Waals surface area contributed by atoms with Crippen molar-refractivity contribution in [3.05, 3.63) is 47.5 Å². The summed E-state index contributed by atoms with van der Waals surface area (Å²) in [6.07, 6.45) is 1.83. The van der Waals surface area contributed by atoms with Crippen LogP contribution in [0.25, 0.3) is 0 Å². The Balaban J connectivity index is 1.54. The number of benzene rings is 1. The third-order valence-electron chi connectivity index (χ3n) is 4.26. The lowest BCUT2D eigenvalue weighted by molar-refractivity contribution is 0.267. The van der Waals surface area contributed by atoms with Gasteiger partial charge in [0.1, 0.15) is 0 Å². The maximum absolute atomic E-state index is 9.61. The molecule has 1 fully saturated rings. The number of nitrogens with zero attached hydrogens (tertiary/aromatic N) is 4. The van der Waals surface area contributed by atoms with Gasteiger partial charge in [-0.25, -0.2) is 4.98 Å². The first-order valence-electron chi connectivity index (χ1n) is 8.13. The Labute approximate surface area is 146 Å². The molecule has 0 saturated carbocycles. The van der Waals surface area contributed by atoms with Crippen molar-refractivity contribution in [2.75, 3.05) is 44.2 Å². The first kappa shape index (κ1) is 16.7. The van der Waals surface area contributed by atoms with Gasteiger partial charge in [-0.2, -0.15) is 0 Å². The van der Waals surface area contributed by atoms with E-state index in [2.05, 4.69) is 19.8 Å². The summed E-state index contributed by atoms with van der Waals surface area (Å²) in [6, 6.07) is 9.95. The summed E-state index contributed by atoms with van der Waals surface area (Å²) in [5.41, 5.74) is 7.24. The summed E-state index contributed by atoms with van der Waals surface area (Å²) in [6.45, 7) is 4.03. The molecule has 24 heavy (non-hydrogen) atoms. The number of piperazine rings is 1. The summed E-state index contributed by atoms with van der Waals surface area (Å²) in [4.78, 5) is 13.2. The number of aliphatic hydroxyl groups is 1. The minimum Gasteiger partial charge on any atom is -0.396 e. The number of aromatic nitrogens is 1. The van der Waals surface area contributed by atoms with E-state index >= 15 is 0 Å². The van der Waals surface area contributed by atoms with Crippen molar-refractivity contribution in [2.45, 2.75) is 5.92 Å². The maximum atomic E-state index is 9.61. The van der Waals surface area contributed by atoms with Gasteiger partial charge in [0.2, 0.25) is 0 Å². The van der Waals surface area contributed by atoms with Crippen molar-refractivity contribution >= 4 is 22.4 Å². The van der Waals surface area contributed by atoms with Crippen molar-refractivity contribution in [1.29, 1.82) is 0 Å². The topological polar surface area (TPSA) is 78.0 Å². The number of aliphatic hydroxyl groups excluding tert-OH is 1. The van der Waals surface area contributed by atoms with Crippen LogP contribution in [0.2, 0.25) is 0 Å². The van der Waals surface area contributed by atoms with Crippen molar-refractivity contribution in [1.82, 2.24) is 9.88 Å².